The Morgan fingerprint density at radius 1 is 1.23 bits per heavy atom. The van der Waals surface area contributed by atoms with Crippen molar-refractivity contribution in [1.82, 2.24) is 0 Å². The Labute approximate surface area is 93.7 Å². The lowest BCUT2D eigenvalue weighted by molar-refractivity contribution is 0.591. The Morgan fingerprint density at radius 2 is 1.92 bits per heavy atom. The third-order valence-corrected chi connectivity index (χ3v) is 4.44. The van der Waals surface area contributed by atoms with Crippen LogP contribution in [-0.2, 0) is 0 Å². The second kappa shape index (κ2) is 9.26. The van der Waals surface area contributed by atoms with Gasteiger partial charge in [0, 0.05) is 0 Å². The van der Waals surface area contributed by atoms with Gasteiger partial charge in [-0.3, -0.25) is 0 Å². The van der Waals surface area contributed by atoms with Gasteiger partial charge in [0.05, 0.1) is 0 Å². The van der Waals surface area contributed by atoms with Crippen molar-refractivity contribution in [3.05, 3.63) is 0 Å². The summed E-state index contributed by atoms with van der Waals surface area (Å²) in [6.45, 7) is 6.87. The molecule has 0 aliphatic rings. The molecule has 0 rings (SSSR count). The molecule has 0 bridgehead atoms. The molecule has 0 nitrogen and oxygen atoms in total. The highest BCUT2D eigenvalue weighted by atomic mass is 32.2. The van der Waals surface area contributed by atoms with Crippen LogP contribution < -0.4 is 0 Å². The van der Waals surface area contributed by atoms with Crippen molar-refractivity contribution in [2.45, 2.75) is 40.0 Å². The minimum absolute atomic E-state index is 0.836. The van der Waals surface area contributed by atoms with Crippen LogP contribution in [0.5, 0.6) is 0 Å². The van der Waals surface area contributed by atoms with E-state index in [1.54, 1.807) is 0 Å². The van der Waals surface area contributed by atoms with Gasteiger partial charge >= 0.3 is 0 Å². The first kappa shape index (κ1) is 13.7. The standard InChI is InChI=1S/C11H24S2/c1-4-6-11(7-12)9-13-8-10(3)5-2/h10-12H,4-9H2,1-3H3. The second-order valence-electron chi connectivity index (χ2n) is 3.89. The maximum atomic E-state index is 4.38. The fourth-order valence-corrected chi connectivity index (χ4v) is 3.07. The highest BCUT2D eigenvalue weighted by molar-refractivity contribution is 7.99. The quantitative estimate of drug-likeness (QED) is 0.601. The maximum absolute atomic E-state index is 4.38. The third-order valence-electron chi connectivity index (χ3n) is 2.41. The van der Waals surface area contributed by atoms with Crippen molar-refractivity contribution in [3.8, 4) is 0 Å². The molecule has 0 fully saturated rings. The molecule has 2 heteroatoms. The van der Waals surface area contributed by atoms with Gasteiger partial charge in [0.15, 0.2) is 0 Å². The fraction of sp³-hybridized carbons (Fsp3) is 1.00. The van der Waals surface area contributed by atoms with Crippen molar-refractivity contribution in [2.24, 2.45) is 11.8 Å². The molecule has 0 aromatic carbocycles. The second-order valence-corrected chi connectivity index (χ2v) is 5.33. The molecule has 0 aromatic heterocycles. The molecule has 0 aliphatic carbocycles. The lowest BCUT2D eigenvalue weighted by atomic mass is 10.1. The van der Waals surface area contributed by atoms with Gasteiger partial charge in [-0.05, 0) is 35.5 Å². The van der Waals surface area contributed by atoms with Crippen molar-refractivity contribution in [2.75, 3.05) is 17.3 Å². The Morgan fingerprint density at radius 3 is 2.38 bits per heavy atom. The van der Waals surface area contributed by atoms with Crippen LogP contribution in [0.3, 0.4) is 0 Å². The van der Waals surface area contributed by atoms with E-state index in [0.717, 1.165) is 17.6 Å². The van der Waals surface area contributed by atoms with Gasteiger partial charge in [-0.1, -0.05) is 33.6 Å². The summed E-state index contributed by atoms with van der Waals surface area (Å²) in [5.41, 5.74) is 0. The van der Waals surface area contributed by atoms with Crippen molar-refractivity contribution in [1.29, 1.82) is 0 Å². The first-order chi connectivity index (χ1) is 6.24. The molecule has 0 saturated carbocycles. The van der Waals surface area contributed by atoms with Crippen molar-refractivity contribution in [3.63, 3.8) is 0 Å². The average molecular weight is 220 g/mol. The molecule has 0 aliphatic heterocycles. The number of rotatable bonds is 8. The summed E-state index contributed by atoms with van der Waals surface area (Å²) in [7, 11) is 0. The van der Waals surface area contributed by atoms with Gasteiger partial charge in [-0.15, -0.1) is 0 Å². The molecule has 2 unspecified atom stereocenters. The summed E-state index contributed by atoms with van der Waals surface area (Å²) in [5.74, 6) is 5.41. The number of hydrogen-bond donors (Lipinski definition) is 1. The topological polar surface area (TPSA) is 0 Å². The van der Waals surface area contributed by atoms with E-state index in [9.17, 15) is 0 Å². The van der Waals surface area contributed by atoms with Crippen LogP contribution in [0, 0.1) is 11.8 Å². The van der Waals surface area contributed by atoms with Crippen molar-refractivity contribution < 1.29 is 0 Å². The molecular formula is C11H24S2. The predicted octanol–water partition coefficient (Wildman–Crippen LogP) is 4.11. The van der Waals surface area contributed by atoms with Crippen molar-refractivity contribution >= 4 is 24.4 Å². The molecule has 2 atom stereocenters. The Kier molecular flexibility index (Phi) is 9.76. The van der Waals surface area contributed by atoms with E-state index in [1.165, 1.54) is 30.8 Å². The Balaban J connectivity index is 3.37. The number of thiol groups is 1. The zero-order valence-corrected chi connectivity index (χ0v) is 11.0. The van der Waals surface area contributed by atoms with E-state index < -0.39 is 0 Å². The van der Waals surface area contributed by atoms with Gasteiger partial charge in [-0.25, -0.2) is 0 Å². The normalized spacial score (nSPS) is 15.7. The summed E-state index contributed by atoms with van der Waals surface area (Å²) in [4.78, 5) is 0. The predicted molar refractivity (Wildman–Crippen MR) is 69.0 cm³/mol. The summed E-state index contributed by atoms with van der Waals surface area (Å²) in [6, 6.07) is 0. The van der Waals surface area contributed by atoms with Crippen LogP contribution in [0.1, 0.15) is 40.0 Å². The molecule has 0 heterocycles. The summed E-state index contributed by atoms with van der Waals surface area (Å²) in [5, 5.41) is 0. The molecule has 0 aromatic rings. The molecule has 0 N–H and O–H groups in total. The monoisotopic (exact) mass is 220 g/mol. The van der Waals surface area contributed by atoms with Crippen LogP contribution in [0.2, 0.25) is 0 Å². The zero-order valence-electron chi connectivity index (χ0n) is 9.25. The molecular weight excluding hydrogens is 196 g/mol. The molecule has 0 radical (unpaired) electrons. The van der Waals surface area contributed by atoms with Gasteiger partial charge in [0.2, 0.25) is 0 Å². The summed E-state index contributed by atoms with van der Waals surface area (Å²) >= 11 is 6.49. The zero-order chi connectivity index (χ0) is 10.1. The fourth-order valence-electron chi connectivity index (χ4n) is 1.19. The van der Waals surface area contributed by atoms with Crippen LogP contribution in [-0.4, -0.2) is 17.3 Å². The van der Waals surface area contributed by atoms with Crippen LogP contribution in [0.25, 0.3) is 0 Å². The lowest BCUT2D eigenvalue weighted by Gasteiger charge is -2.14. The molecule has 0 amide bonds. The van der Waals surface area contributed by atoms with Crippen LogP contribution in [0.15, 0.2) is 0 Å². The summed E-state index contributed by atoms with van der Waals surface area (Å²) in [6.07, 6.45) is 3.96. The van der Waals surface area contributed by atoms with Gasteiger partial charge in [-0.2, -0.15) is 24.4 Å². The average Bonchev–Trinajstić information content (AvgIpc) is 2.16. The van der Waals surface area contributed by atoms with Gasteiger partial charge in [0.25, 0.3) is 0 Å². The van der Waals surface area contributed by atoms with Gasteiger partial charge < -0.3 is 0 Å². The third kappa shape index (κ3) is 7.75. The van der Waals surface area contributed by atoms with E-state index in [1.807, 2.05) is 0 Å². The Bertz CT molecular complexity index is 104. The van der Waals surface area contributed by atoms with E-state index in [-0.39, 0.29) is 0 Å². The first-order valence-corrected chi connectivity index (χ1v) is 7.21. The minimum Gasteiger partial charge on any atom is -0.179 e. The lowest BCUT2D eigenvalue weighted by Crippen LogP contribution is -2.07. The smallest absolute Gasteiger partial charge is 0.00312 e. The van der Waals surface area contributed by atoms with Crippen LogP contribution >= 0.6 is 24.4 Å². The highest BCUT2D eigenvalue weighted by Gasteiger charge is 2.06. The molecule has 80 valence electrons. The van der Waals surface area contributed by atoms with E-state index in [4.69, 9.17) is 0 Å². The largest absolute Gasteiger partial charge is 0.179 e. The minimum atomic E-state index is 0.836. The molecule has 0 spiro atoms. The summed E-state index contributed by atoms with van der Waals surface area (Å²) < 4.78 is 0. The van der Waals surface area contributed by atoms with E-state index >= 15 is 0 Å². The Hall–Kier alpha value is 0.700. The number of thioether (sulfide) groups is 1. The highest BCUT2D eigenvalue weighted by Crippen LogP contribution is 2.18. The SMILES string of the molecule is CCCC(CS)CSCC(C)CC. The molecule has 13 heavy (non-hydrogen) atoms. The van der Waals surface area contributed by atoms with Gasteiger partial charge in [0.1, 0.15) is 0 Å². The van der Waals surface area contributed by atoms with E-state index in [0.29, 0.717) is 0 Å². The first-order valence-electron chi connectivity index (χ1n) is 5.43. The number of hydrogen-bond acceptors (Lipinski definition) is 2. The maximum Gasteiger partial charge on any atom is -0.00312 e. The molecule has 0 saturated heterocycles. The van der Waals surface area contributed by atoms with Crippen LogP contribution in [0.4, 0.5) is 0 Å². The van der Waals surface area contributed by atoms with E-state index in [2.05, 4.69) is 45.2 Å².